The quantitative estimate of drug-likeness (QED) is 0.897. The highest BCUT2D eigenvalue weighted by Crippen LogP contribution is 2.37. The molecule has 0 aliphatic heterocycles. The van der Waals surface area contributed by atoms with E-state index in [2.05, 4.69) is 20.9 Å². The normalized spacial score (nSPS) is 18.7. The molecule has 4 heteroatoms. The monoisotopic (exact) mass is 275 g/mol. The Morgan fingerprint density at radius 3 is 2.64 bits per heavy atom. The predicted octanol–water partition coefficient (Wildman–Crippen LogP) is 3.45. The van der Waals surface area contributed by atoms with Crippen molar-refractivity contribution in [2.45, 2.75) is 44.6 Å². The summed E-state index contributed by atoms with van der Waals surface area (Å²) in [6.07, 6.45) is 6.57. The van der Waals surface area contributed by atoms with Crippen LogP contribution in [0.3, 0.4) is 0 Å². The third kappa shape index (κ3) is 2.18. The van der Waals surface area contributed by atoms with Crippen LogP contribution in [-0.4, -0.2) is 10.1 Å². The zero-order chi connectivity index (χ0) is 9.97. The Bertz CT molecular complexity index is 307. The molecule has 1 aromatic heterocycles. The largest absolute Gasteiger partial charge is 0.391 e. The maximum atomic E-state index is 9.07. The number of aromatic nitrogens is 1. The lowest BCUT2D eigenvalue weighted by molar-refractivity contribution is 0.284. The lowest BCUT2D eigenvalue weighted by atomic mass is 9.90. The molecule has 0 spiro atoms. The average Bonchev–Trinajstić information content (AvgIpc) is 2.61. The Morgan fingerprint density at radius 2 is 2.07 bits per heavy atom. The topological polar surface area (TPSA) is 33.1 Å². The molecule has 14 heavy (non-hydrogen) atoms. The number of aliphatic hydroxyl groups is 1. The van der Waals surface area contributed by atoms with Gasteiger partial charge in [-0.15, -0.1) is 11.3 Å². The van der Waals surface area contributed by atoms with Gasteiger partial charge >= 0.3 is 0 Å². The van der Waals surface area contributed by atoms with Crippen molar-refractivity contribution in [1.29, 1.82) is 0 Å². The van der Waals surface area contributed by atoms with Crippen molar-refractivity contribution >= 4 is 27.3 Å². The van der Waals surface area contributed by atoms with Crippen LogP contribution in [0.25, 0.3) is 0 Å². The Kier molecular flexibility index (Phi) is 3.57. The Labute approximate surface area is 96.5 Å². The van der Waals surface area contributed by atoms with Crippen LogP contribution in [0.2, 0.25) is 0 Å². The van der Waals surface area contributed by atoms with Crippen LogP contribution in [0, 0.1) is 0 Å². The molecule has 1 saturated carbocycles. The molecule has 2 rings (SSSR count). The number of hydrogen-bond acceptors (Lipinski definition) is 3. The molecule has 0 bridgehead atoms. The number of thiazole rings is 1. The molecule has 1 aromatic rings. The Morgan fingerprint density at radius 1 is 1.36 bits per heavy atom. The van der Waals surface area contributed by atoms with E-state index in [0.29, 0.717) is 5.92 Å². The summed E-state index contributed by atoms with van der Waals surface area (Å²) >= 11 is 5.04. The van der Waals surface area contributed by atoms with Gasteiger partial charge in [-0.05, 0) is 28.8 Å². The summed E-state index contributed by atoms with van der Waals surface area (Å²) in [5.74, 6) is 0.644. The summed E-state index contributed by atoms with van der Waals surface area (Å²) in [5, 5.41) is 10.3. The maximum Gasteiger partial charge on any atom is 0.122 e. The smallest absolute Gasteiger partial charge is 0.122 e. The molecule has 0 aromatic carbocycles. The van der Waals surface area contributed by atoms with Crippen LogP contribution in [0.5, 0.6) is 0 Å². The maximum absolute atomic E-state index is 9.07. The van der Waals surface area contributed by atoms with E-state index in [1.54, 1.807) is 11.3 Å². The number of hydrogen-bond donors (Lipinski definition) is 1. The number of halogens is 1. The van der Waals surface area contributed by atoms with E-state index in [1.807, 2.05) is 0 Å². The van der Waals surface area contributed by atoms with Gasteiger partial charge in [-0.3, -0.25) is 0 Å². The first-order chi connectivity index (χ1) is 6.81. The van der Waals surface area contributed by atoms with Crippen LogP contribution in [0.15, 0.2) is 4.60 Å². The molecule has 0 amide bonds. The summed E-state index contributed by atoms with van der Waals surface area (Å²) in [4.78, 5) is 5.44. The third-order valence-corrected chi connectivity index (χ3v) is 4.89. The van der Waals surface area contributed by atoms with Crippen molar-refractivity contribution < 1.29 is 5.11 Å². The number of nitrogens with zero attached hydrogens (tertiary/aromatic N) is 1. The van der Waals surface area contributed by atoms with Gasteiger partial charge in [-0.2, -0.15) is 0 Å². The summed E-state index contributed by atoms with van der Waals surface area (Å²) in [5.41, 5.74) is 0. The highest BCUT2D eigenvalue weighted by atomic mass is 79.9. The van der Waals surface area contributed by atoms with Crippen LogP contribution < -0.4 is 0 Å². The first-order valence-electron chi connectivity index (χ1n) is 5.07. The van der Waals surface area contributed by atoms with Crippen molar-refractivity contribution in [3.63, 3.8) is 0 Å². The predicted molar refractivity (Wildman–Crippen MR) is 61.6 cm³/mol. The first kappa shape index (κ1) is 10.6. The third-order valence-electron chi connectivity index (χ3n) is 2.76. The van der Waals surface area contributed by atoms with E-state index in [0.717, 1.165) is 9.48 Å². The zero-order valence-corrected chi connectivity index (χ0v) is 10.4. The number of rotatable bonds is 2. The van der Waals surface area contributed by atoms with Gasteiger partial charge in [-0.1, -0.05) is 19.3 Å². The molecule has 0 radical (unpaired) electrons. The Hall–Kier alpha value is 0.0700. The summed E-state index contributed by atoms with van der Waals surface area (Å²) < 4.78 is 0.838. The second-order valence-electron chi connectivity index (χ2n) is 3.76. The van der Waals surface area contributed by atoms with Gasteiger partial charge in [0.25, 0.3) is 0 Å². The second-order valence-corrected chi connectivity index (χ2v) is 5.63. The van der Waals surface area contributed by atoms with E-state index in [1.165, 1.54) is 37.1 Å². The van der Waals surface area contributed by atoms with Gasteiger partial charge in [0.15, 0.2) is 0 Å². The van der Waals surface area contributed by atoms with E-state index in [4.69, 9.17) is 5.11 Å². The lowest BCUT2D eigenvalue weighted by Crippen LogP contribution is -2.03. The van der Waals surface area contributed by atoms with Gasteiger partial charge in [0.1, 0.15) is 4.60 Å². The van der Waals surface area contributed by atoms with Crippen molar-refractivity contribution in [2.24, 2.45) is 0 Å². The van der Waals surface area contributed by atoms with Crippen LogP contribution in [0.1, 0.15) is 47.9 Å². The minimum absolute atomic E-state index is 0.102. The van der Waals surface area contributed by atoms with Gasteiger partial charge in [0.2, 0.25) is 0 Å². The van der Waals surface area contributed by atoms with Crippen molar-refractivity contribution in [1.82, 2.24) is 4.98 Å². The average molecular weight is 276 g/mol. The van der Waals surface area contributed by atoms with Crippen LogP contribution >= 0.6 is 27.3 Å². The molecule has 78 valence electrons. The van der Waals surface area contributed by atoms with E-state index in [-0.39, 0.29) is 6.61 Å². The van der Waals surface area contributed by atoms with Crippen LogP contribution in [-0.2, 0) is 6.61 Å². The molecule has 1 heterocycles. The fourth-order valence-electron chi connectivity index (χ4n) is 1.97. The molecule has 0 saturated heterocycles. The molecular formula is C10H14BrNOS. The fraction of sp³-hybridized carbons (Fsp3) is 0.700. The van der Waals surface area contributed by atoms with Gasteiger partial charge in [0, 0.05) is 5.92 Å². The molecule has 1 aliphatic carbocycles. The van der Waals surface area contributed by atoms with Crippen molar-refractivity contribution in [3.8, 4) is 0 Å². The second kappa shape index (κ2) is 4.73. The Balaban J connectivity index is 2.14. The van der Waals surface area contributed by atoms with Crippen molar-refractivity contribution in [3.05, 3.63) is 14.5 Å². The van der Waals surface area contributed by atoms with Gasteiger partial charge in [-0.25, -0.2) is 4.98 Å². The molecular weight excluding hydrogens is 262 g/mol. The highest BCUT2D eigenvalue weighted by molar-refractivity contribution is 9.10. The van der Waals surface area contributed by atoms with E-state index < -0.39 is 0 Å². The number of aliphatic hydroxyl groups excluding tert-OH is 1. The molecule has 1 N–H and O–H groups in total. The zero-order valence-electron chi connectivity index (χ0n) is 8.00. The minimum atomic E-state index is 0.102. The van der Waals surface area contributed by atoms with Gasteiger partial charge in [0.05, 0.1) is 16.5 Å². The van der Waals surface area contributed by atoms with Gasteiger partial charge < -0.3 is 5.11 Å². The minimum Gasteiger partial charge on any atom is -0.391 e. The molecule has 0 unspecified atom stereocenters. The first-order valence-corrected chi connectivity index (χ1v) is 6.68. The highest BCUT2D eigenvalue weighted by Gasteiger charge is 2.20. The molecule has 1 fully saturated rings. The SMILES string of the molecule is OCc1sc(C2CCCCC2)nc1Br. The summed E-state index contributed by atoms with van der Waals surface area (Å²) in [6.45, 7) is 0.102. The van der Waals surface area contributed by atoms with Crippen molar-refractivity contribution in [2.75, 3.05) is 0 Å². The fourth-order valence-corrected chi connectivity index (χ4v) is 3.63. The summed E-state index contributed by atoms with van der Waals surface area (Å²) in [6, 6.07) is 0. The molecule has 0 atom stereocenters. The summed E-state index contributed by atoms with van der Waals surface area (Å²) in [7, 11) is 0. The van der Waals surface area contributed by atoms with E-state index >= 15 is 0 Å². The molecule has 1 aliphatic rings. The molecule has 2 nitrogen and oxygen atoms in total. The van der Waals surface area contributed by atoms with E-state index in [9.17, 15) is 0 Å². The standard InChI is InChI=1S/C10H14BrNOS/c11-9-8(6-13)14-10(12-9)7-4-2-1-3-5-7/h7,13H,1-6H2. The lowest BCUT2D eigenvalue weighted by Gasteiger charge is -2.18. The van der Waals surface area contributed by atoms with Crippen LogP contribution in [0.4, 0.5) is 0 Å².